The van der Waals surface area contributed by atoms with E-state index in [0.717, 1.165) is 12.1 Å². The van der Waals surface area contributed by atoms with Crippen LogP contribution in [-0.2, 0) is 12.0 Å². The molecule has 1 aromatic carbocycles. The van der Waals surface area contributed by atoms with E-state index in [1.807, 2.05) is 23.0 Å². The zero-order chi connectivity index (χ0) is 15.7. The van der Waals surface area contributed by atoms with E-state index in [-0.39, 0.29) is 0 Å². The maximum Gasteiger partial charge on any atom is 0.0664 e. The van der Waals surface area contributed by atoms with E-state index >= 15 is 0 Å². The van der Waals surface area contributed by atoms with Gasteiger partial charge in [-0.2, -0.15) is 5.10 Å². The first-order valence-corrected chi connectivity index (χ1v) is 8.49. The maximum atomic E-state index is 4.25. The smallest absolute Gasteiger partial charge is 0.0664 e. The van der Waals surface area contributed by atoms with Crippen molar-refractivity contribution in [2.75, 3.05) is 0 Å². The van der Waals surface area contributed by atoms with Gasteiger partial charge in [0, 0.05) is 30.4 Å². The van der Waals surface area contributed by atoms with Gasteiger partial charge in [-0.1, -0.05) is 36.8 Å². The van der Waals surface area contributed by atoms with Gasteiger partial charge in [-0.05, 0) is 49.1 Å². The van der Waals surface area contributed by atoms with Gasteiger partial charge in [0.1, 0.15) is 0 Å². The second-order valence-electron chi connectivity index (χ2n) is 6.71. The summed E-state index contributed by atoms with van der Waals surface area (Å²) in [6, 6.07) is 17.9. The summed E-state index contributed by atoms with van der Waals surface area (Å²) in [5, 5.41) is 8.02. The van der Waals surface area contributed by atoms with Crippen molar-refractivity contribution in [1.29, 1.82) is 0 Å². The van der Waals surface area contributed by atoms with E-state index in [0.29, 0.717) is 11.5 Å². The Morgan fingerprint density at radius 1 is 1.17 bits per heavy atom. The lowest BCUT2D eigenvalue weighted by Crippen LogP contribution is -2.50. The van der Waals surface area contributed by atoms with Crippen LogP contribution in [0.4, 0.5) is 0 Å². The lowest BCUT2D eigenvalue weighted by Gasteiger charge is -2.47. The van der Waals surface area contributed by atoms with Crippen molar-refractivity contribution in [3.05, 3.63) is 72.1 Å². The average Bonchev–Trinajstić information content (AvgIpc) is 3.00. The topological polar surface area (TPSA) is 29.3 Å². The first-order chi connectivity index (χ1) is 11.3. The Balaban J connectivity index is 1.49. The van der Waals surface area contributed by atoms with Crippen LogP contribution in [0.3, 0.4) is 0 Å². The molecule has 0 bridgehead atoms. The van der Waals surface area contributed by atoms with E-state index in [4.69, 9.17) is 0 Å². The molecule has 1 saturated carbocycles. The van der Waals surface area contributed by atoms with Crippen LogP contribution in [-0.4, -0.2) is 15.7 Å². The average molecular weight is 305 g/mol. The predicted octanol–water partition coefficient (Wildman–Crippen LogP) is 3.93. The zero-order valence-corrected chi connectivity index (χ0v) is 13.6. The van der Waals surface area contributed by atoms with Crippen LogP contribution in [0.1, 0.15) is 37.3 Å². The van der Waals surface area contributed by atoms with Gasteiger partial charge < -0.3 is 5.32 Å². The normalized spacial score (nSPS) is 17.8. The number of nitrogens with one attached hydrogen (secondary N) is 1. The molecule has 1 unspecified atom stereocenters. The van der Waals surface area contributed by atoms with Crippen LogP contribution < -0.4 is 5.32 Å². The fourth-order valence-electron chi connectivity index (χ4n) is 3.84. The molecule has 0 aliphatic heterocycles. The van der Waals surface area contributed by atoms with E-state index in [2.05, 4.69) is 59.8 Å². The molecule has 0 amide bonds. The number of benzene rings is 1. The minimum absolute atomic E-state index is 0.308. The number of fused-ring (bicyclic) bond motifs is 1. The molecule has 4 rings (SSSR count). The first kappa shape index (κ1) is 14.5. The van der Waals surface area contributed by atoms with E-state index in [1.165, 1.54) is 30.4 Å². The lowest BCUT2D eigenvalue weighted by molar-refractivity contribution is 0.178. The summed E-state index contributed by atoms with van der Waals surface area (Å²) in [4.78, 5) is 0. The maximum absolute atomic E-state index is 4.25. The highest BCUT2D eigenvalue weighted by Gasteiger charge is 2.42. The molecule has 2 heterocycles. The molecule has 1 N–H and O–H groups in total. The highest BCUT2D eigenvalue weighted by molar-refractivity contribution is 5.47. The molecule has 0 radical (unpaired) electrons. The Morgan fingerprint density at radius 2 is 2.00 bits per heavy atom. The van der Waals surface area contributed by atoms with Crippen LogP contribution in [0.15, 0.2) is 60.9 Å². The van der Waals surface area contributed by atoms with Gasteiger partial charge in [0.25, 0.3) is 0 Å². The number of aromatic nitrogens is 2. The minimum Gasteiger partial charge on any atom is -0.309 e. The Bertz CT molecular complexity index is 787. The van der Waals surface area contributed by atoms with E-state index in [9.17, 15) is 0 Å². The SMILES string of the molecule is CC(NCc1ccn2nccc2c1)C1(c2ccccc2)CCC1. The largest absolute Gasteiger partial charge is 0.309 e. The fourth-order valence-corrected chi connectivity index (χ4v) is 3.84. The standard InChI is InChI=1S/C20H23N3/c1-16(20(10-5-11-20)18-6-3-2-4-7-18)21-15-17-9-13-23-19(14-17)8-12-22-23/h2-4,6-9,12-14,16,21H,5,10-11,15H2,1H3. The summed E-state index contributed by atoms with van der Waals surface area (Å²) in [5.41, 5.74) is 4.25. The van der Waals surface area contributed by atoms with Gasteiger partial charge in [-0.25, -0.2) is 4.52 Å². The Hall–Kier alpha value is -2.13. The van der Waals surface area contributed by atoms with Gasteiger partial charge in [-0.3, -0.25) is 0 Å². The molecule has 23 heavy (non-hydrogen) atoms. The molecule has 1 aliphatic rings. The van der Waals surface area contributed by atoms with Crippen molar-refractivity contribution >= 4 is 5.52 Å². The Morgan fingerprint density at radius 3 is 2.74 bits per heavy atom. The van der Waals surface area contributed by atoms with Crippen LogP contribution in [0.25, 0.3) is 5.52 Å². The third-order valence-corrected chi connectivity index (χ3v) is 5.50. The fraction of sp³-hybridized carbons (Fsp3) is 0.350. The van der Waals surface area contributed by atoms with Crippen LogP contribution in [0, 0.1) is 0 Å². The molecular formula is C20H23N3. The number of rotatable bonds is 5. The number of nitrogens with zero attached hydrogens (tertiary/aromatic N) is 2. The van der Waals surface area contributed by atoms with Crippen molar-refractivity contribution in [2.24, 2.45) is 0 Å². The predicted molar refractivity (Wildman–Crippen MR) is 93.5 cm³/mol. The summed E-state index contributed by atoms with van der Waals surface area (Å²) in [6.45, 7) is 3.24. The van der Waals surface area contributed by atoms with Gasteiger partial charge in [0.05, 0.1) is 5.52 Å². The second kappa shape index (κ2) is 5.82. The molecule has 1 aliphatic carbocycles. The van der Waals surface area contributed by atoms with Gasteiger partial charge in [0.2, 0.25) is 0 Å². The van der Waals surface area contributed by atoms with Gasteiger partial charge in [0.15, 0.2) is 0 Å². The number of hydrogen-bond acceptors (Lipinski definition) is 2. The molecule has 1 fully saturated rings. The molecule has 0 spiro atoms. The van der Waals surface area contributed by atoms with Crippen molar-refractivity contribution in [2.45, 2.75) is 44.2 Å². The summed E-state index contributed by atoms with van der Waals surface area (Å²) < 4.78 is 1.91. The van der Waals surface area contributed by atoms with Crippen molar-refractivity contribution in [3.63, 3.8) is 0 Å². The van der Waals surface area contributed by atoms with Crippen LogP contribution in [0.5, 0.6) is 0 Å². The molecule has 1 atom stereocenters. The zero-order valence-electron chi connectivity index (χ0n) is 13.6. The monoisotopic (exact) mass is 305 g/mol. The summed E-state index contributed by atoms with van der Waals surface area (Å²) in [7, 11) is 0. The molecule has 3 nitrogen and oxygen atoms in total. The van der Waals surface area contributed by atoms with Crippen molar-refractivity contribution in [1.82, 2.24) is 14.9 Å². The number of hydrogen-bond donors (Lipinski definition) is 1. The highest BCUT2D eigenvalue weighted by Crippen LogP contribution is 2.46. The number of pyridine rings is 1. The van der Waals surface area contributed by atoms with E-state index < -0.39 is 0 Å². The van der Waals surface area contributed by atoms with E-state index in [1.54, 1.807) is 0 Å². The minimum atomic E-state index is 0.308. The third-order valence-electron chi connectivity index (χ3n) is 5.50. The molecular weight excluding hydrogens is 282 g/mol. The van der Waals surface area contributed by atoms with Crippen molar-refractivity contribution < 1.29 is 0 Å². The Labute approximate surface area is 137 Å². The van der Waals surface area contributed by atoms with Gasteiger partial charge >= 0.3 is 0 Å². The van der Waals surface area contributed by atoms with Crippen molar-refractivity contribution in [3.8, 4) is 0 Å². The quantitative estimate of drug-likeness (QED) is 0.774. The summed E-state index contributed by atoms with van der Waals surface area (Å²) in [5.74, 6) is 0. The first-order valence-electron chi connectivity index (χ1n) is 8.49. The molecule has 2 aromatic heterocycles. The second-order valence-corrected chi connectivity index (χ2v) is 6.71. The Kier molecular flexibility index (Phi) is 3.66. The molecule has 0 saturated heterocycles. The van der Waals surface area contributed by atoms with Crippen LogP contribution >= 0.6 is 0 Å². The highest BCUT2D eigenvalue weighted by atomic mass is 15.2. The van der Waals surface area contributed by atoms with Gasteiger partial charge in [-0.15, -0.1) is 0 Å². The summed E-state index contributed by atoms with van der Waals surface area (Å²) in [6.07, 6.45) is 7.78. The molecule has 3 heteroatoms. The summed E-state index contributed by atoms with van der Waals surface area (Å²) >= 11 is 0. The van der Waals surface area contributed by atoms with Crippen LogP contribution in [0.2, 0.25) is 0 Å². The lowest BCUT2D eigenvalue weighted by atomic mass is 9.60. The molecule has 3 aromatic rings. The third kappa shape index (κ3) is 2.55. The molecule has 118 valence electrons.